The lowest BCUT2D eigenvalue weighted by atomic mass is 10.2. The van der Waals surface area contributed by atoms with Crippen molar-refractivity contribution in [1.29, 1.82) is 0 Å². The number of nitro groups is 1. The van der Waals surface area contributed by atoms with Crippen molar-refractivity contribution in [2.45, 2.75) is 6.61 Å². The molecule has 0 spiro atoms. The van der Waals surface area contributed by atoms with Gasteiger partial charge in [0.2, 0.25) is 5.82 Å². The fourth-order valence-corrected chi connectivity index (χ4v) is 2.39. The normalized spacial score (nSPS) is 10.4. The van der Waals surface area contributed by atoms with Crippen molar-refractivity contribution in [3.8, 4) is 11.4 Å². The largest absolute Gasteiger partial charge is 0.452 e. The average Bonchev–Trinajstić information content (AvgIpc) is 3.23. The van der Waals surface area contributed by atoms with Gasteiger partial charge in [-0.1, -0.05) is 5.16 Å². The Morgan fingerprint density at radius 2 is 2.09 bits per heavy atom. The zero-order chi connectivity index (χ0) is 16.2. The van der Waals surface area contributed by atoms with E-state index in [0.717, 1.165) is 5.56 Å². The molecule has 2 heterocycles. The lowest BCUT2D eigenvalue weighted by molar-refractivity contribution is -0.384. The first-order chi connectivity index (χ1) is 11.1. The third-order valence-electron chi connectivity index (χ3n) is 2.89. The predicted octanol–water partition coefficient (Wildman–Crippen LogP) is 3.06. The van der Waals surface area contributed by atoms with Crippen LogP contribution in [0.15, 0.2) is 45.6 Å². The first kappa shape index (κ1) is 14.9. The SMILES string of the molecule is O=C(OCc1nc(-c2ccsc2)no1)c1ccc([N+](=O)[O-])cc1. The molecule has 3 aromatic rings. The van der Waals surface area contributed by atoms with Crippen molar-refractivity contribution >= 4 is 23.0 Å². The van der Waals surface area contributed by atoms with Gasteiger partial charge in [0.05, 0.1) is 10.5 Å². The number of non-ortho nitro benzene ring substituents is 1. The van der Waals surface area contributed by atoms with E-state index < -0.39 is 10.9 Å². The summed E-state index contributed by atoms with van der Waals surface area (Å²) >= 11 is 1.51. The van der Waals surface area contributed by atoms with Crippen molar-refractivity contribution < 1.29 is 19.0 Å². The average molecular weight is 331 g/mol. The van der Waals surface area contributed by atoms with Crippen molar-refractivity contribution in [2.75, 3.05) is 0 Å². The minimum absolute atomic E-state index is 0.0983. The monoisotopic (exact) mass is 331 g/mol. The molecule has 1 aromatic carbocycles. The summed E-state index contributed by atoms with van der Waals surface area (Å²) in [4.78, 5) is 26.0. The van der Waals surface area contributed by atoms with Gasteiger partial charge in [-0.15, -0.1) is 0 Å². The van der Waals surface area contributed by atoms with Crippen molar-refractivity contribution in [1.82, 2.24) is 10.1 Å². The van der Waals surface area contributed by atoms with E-state index in [1.54, 1.807) is 0 Å². The minimum Gasteiger partial charge on any atom is -0.452 e. The molecular weight excluding hydrogens is 322 g/mol. The molecule has 0 N–H and O–H groups in total. The molecule has 0 fully saturated rings. The Morgan fingerprint density at radius 3 is 2.74 bits per heavy atom. The summed E-state index contributed by atoms with van der Waals surface area (Å²) < 4.78 is 10.0. The Balaban J connectivity index is 1.61. The molecule has 9 heteroatoms. The summed E-state index contributed by atoms with van der Waals surface area (Å²) in [5, 5.41) is 18.1. The summed E-state index contributed by atoms with van der Waals surface area (Å²) in [6, 6.07) is 6.97. The van der Waals surface area contributed by atoms with Crippen LogP contribution in [-0.4, -0.2) is 21.0 Å². The first-order valence-electron chi connectivity index (χ1n) is 6.40. The maximum Gasteiger partial charge on any atom is 0.338 e. The molecule has 8 nitrogen and oxygen atoms in total. The van der Waals surface area contributed by atoms with Crippen molar-refractivity contribution in [3.63, 3.8) is 0 Å². The topological polar surface area (TPSA) is 108 Å². The third kappa shape index (κ3) is 3.40. The minimum atomic E-state index is -0.629. The standard InChI is InChI=1S/C14H9N3O5S/c18-14(9-1-3-11(4-2-9)17(19)20)21-7-12-15-13(16-22-12)10-5-6-23-8-10/h1-6,8H,7H2. The van der Waals surface area contributed by atoms with Gasteiger partial charge in [0, 0.05) is 23.1 Å². The van der Waals surface area contributed by atoms with Crippen LogP contribution in [0.2, 0.25) is 0 Å². The molecular formula is C14H9N3O5S. The summed E-state index contributed by atoms with van der Waals surface area (Å²) in [6.45, 7) is -0.174. The molecule has 116 valence electrons. The van der Waals surface area contributed by atoms with Gasteiger partial charge < -0.3 is 9.26 Å². The number of carbonyl (C=O) groups is 1. The van der Waals surface area contributed by atoms with E-state index in [1.807, 2.05) is 16.8 Å². The molecule has 0 saturated heterocycles. The second-order valence-electron chi connectivity index (χ2n) is 4.40. The van der Waals surface area contributed by atoms with E-state index >= 15 is 0 Å². The molecule has 0 saturated carbocycles. The molecule has 0 atom stereocenters. The number of hydrogen-bond donors (Lipinski definition) is 0. The number of rotatable bonds is 5. The Labute approximate surface area is 133 Å². The molecule has 0 radical (unpaired) electrons. The lowest BCUT2D eigenvalue weighted by Gasteiger charge is -2.01. The number of nitro benzene ring substituents is 1. The Kier molecular flexibility index (Phi) is 4.11. The maximum atomic E-state index is 11.9. The van der Waals surface area contributed by atoms with Crippen LogP contribution in [0.4, 0.5) is 5.69 Å². The van der Waals surface area contributed by atoms with Gasteiger partial charge in [-0.05, 0) is 23.6 Å². The number of carbonyl (C=O) groups excluding carboxylic acids is 1. The highest BCUT2D eigenvalue weighted by atomic mass is 32.1. The molecule has 2 aromatic heterocycles. The number of benzene rings is 1. The van der Waals surface area contributed by atoms with Gasteiger partial charge in [0.25, 0.3) is 11.6 Å². The molecule has 0 aliphatic carbocycles. The number of esters is 1. The Bertz CT molecular complexity index is 826. The molecule has 0 unspecified atom stereocenters. The Morgan fingerprint density at radius 1 is 1.30 bits per heavy atom. The molecule has 3 rings (SSSR count). The zero-order valence-corrected chi connectivity index (χ0v) is 12.4. The van der Waals surface area contributed by atoms with Crippen molar-refractivity contribution in [2.24, 2.45) is 0 Å². The van der Waals surface area contributed by atoms with Crippen LogP contribution in [0.5, 0.6) is 0 Å². The molecule has 23 heavy (non-hydrogen) atoms. The number of aromatic nitrogens is 2. The zero-order valence-electron chi connectivity index (χ0n) is 11.5. The van der Waals surface area contributed by atoms with Gasteiger partial charge in [0.1, 0.15) is 0 Å². The predicted molar refractivity (Wildman–Crippen MR) is 79.8 cm³/mol. The number of thiophene rings is 1. The quantitative estimate of drug-likeness (QED) is 0.401. The van der Waals surface area contributed by atoms with Crippen LogP contribution in [0.3, 0.4) is 0 Å². The van der Waals surface area contributed by atoms with Crippen LogP contribution in [-0.2, 0) is 11.3 Å². The van der Waals surface area contributed by atoms with E-state index in [-0.39, 0.29) is 23.7 Å². The van der Waals surface area contributed by atoms with Gasteiger partial charge in [-0.25, -0.2) is 4.79 Å². The fraction of sp³-hybridized carbons (Fsp3) is 0.0714. The van der Waals surface area contributed by atoms with E-state index in [0.29, 0.717) is 5.82 Å². The van der Waals surface area contributed by atoms with Gasteiger partial charge in [0.15, 0.2) is 6.61 Å². The molecule has 0 amide bonds. The second-order valence-corrected chi connectivity index (χ2v) is 5.18. The number of nitrogens with zero attached hydrogens (tertiary/aromatic N) is 3. The van der Waals surface area contributed by atoms with Crippen LogP contribution in [0.25, 0.3) is 11.4 Å². The molecule has 0 aliphatic heterocycles. The first-order valence-corrected chi connectivity index (χ1v) is 7.34. The maximum absolute atomic E-state index is 11.9. The second kappa shape index (κ2) is 6.36. The van der Waals surface area contributed by atoms with E-state index in [1.165, 1.54) is 35.6 Å². The summed E-state index contributed by atoms with van der Waals surface area (Å²) in [5.41, 5.74) is 0.929. The van der Waals surface area contributed by atoms with E-state index in [4.69, 9.17) is 9.26 Å². The Hall–Kier alpha value is -3.07. The van der Waals surface area contributed by atoms with Crippen LogP contribution in [0, 0.1) is 10.1 Å². The van der Waals surface area contributed by atoms with Crippen LogP contribution in [0.1, 0.15) is 16.2 Å². The summed E-state index contributed by atoms with van der Waals surface area (Å²) in [5.74, 6) is -0.0377. The van der Waals surface area contributed by atoms with Crippen LogP contribution < -0.4 is 0 Å². The van der Waals surface area contributed by atoms with Crippen LogP contribution >= 0.6 is 11.3 Å². The van der Waals surface area contributed by atoms with Crippen molar-refractivity contribution in [3.05, 3.63) is 62.7 Å². The smallest absolute Gasteiger partial charge is 0.338 e. The highest BCUT2D eigenvalue weighted by Gasteiger charge is 2.14. The summed E-state index contributed by atoms with van der Waals surface area (Å²) in [6.07, 6.45) is 0. The summed E-state index contributed by atoms with van der Waals surface area (Å²) in [7, 11) is 0. The number of hydrogen-bond acceptors (Lipinski definition) is 8. The highest BCUT2D eigenvalue weighted by Crippen LogP contribution is 2.19. The molecule has 0 bridgehead atoms. The van der Waals surface area contributed by atoms with Gasteiger partial charge in [-0.2, -0.15) is 16.3 Å². The third-order valence-corrected chi connectivity index (χ3v) is 3.57. The van der Waals surface area contributed by atoms with Gasteiger partial charge >= 0.3 is 5.97 Å². The fourth-order valence-electron chi connectivity index (χ4n) is 1.75. The number of ether oxygens (including phenoxy) is 1. The van der Waals surface area contributed by atoms with E-state index in [9.17, 15) is 14.9 Å². The highest BCUT2D eigenvalue weighted by molar-refractivity contribution is 7.08. The lowest BCUT2D eigenvalue weighted by Crippen LogP contribution is -2.05. The molecule has 0 aliphatic rings. The van der Waals surface area contributed by atoms with E-state index in [2.05, 4.69) is 10.1 Å². The van der Waals surface area contributed by atoms with Gasteiger partial charge in [-0.3, -0.25) is 10.1 Å².